The molecular formula is C6H4BrIS. The summed E-state index contributed by atoms with van der Waals surface area (Å²) in [6, 6.07) is 2.10. The highest BCUT2D eigenvalue weighted by molar-refractivity contribution is 14.1. The van der Waals surface area contributed by atoms with E-state index in [-0.39, 0.29) is 0 Å². The van der Waals surface area contributed by atoms with Crippen molar-refractivity contribution >= 4 is 55.9 Å². The zero-order valence-corrected chi connectivity index (χ0v) is 9.03. The topological polar surface area (TPSA) is 0 Å². The molecule has 0 radical (unpaired) electrons. The lowest BCUT2D eigenvalue weighted by Crippen LogP contribution is -1.50. The fraction of sp³-hybridized carbons (Fsp3) is 0. The highest BCUT2D eigenvalue weighted by Crippen LogP contribution is 2.20. The Kier molecular flexibility index (Phi) is 3.21. The Bertz CT molecular complexity index is 217. The van der Waals surface area contributed by atoms with Crippen molar-refractivity contribution in [3.05, 3.63) is 24.9 Å². The number of rotatable bonds is 1. The summed E-state index contributed by atoms with van der Waals surface area (Å²) < 4.78 is 3.17. The first-order valence-corrected chi connectivity index (χ1v) is 5.25. The molecule has 0 amide bonds. The zero-order chi connectivity index (χ0) is 6.69. The van der Waals surface area contributed by atoms with Crippen LogP contribution < -0.4 is 0 Å². The van der Waals surface area contributed by atoms with E-state index in [4.69, 9.17) is 0 Å². The Labute approximate surface area is 80.2 Å². The van der Waals surface area contributed by atoms with Crippen LogP contribution in [0, 0.1) is 0 Å². The van der Waals surface area contributed by atoms with Crippen LogP contribution in [0.25, 0.3) is 6.08 Å². The molecule has 9 heavy (non-hydrogen) atoms. The van der Waals surface area contributed by atoms with Crippen LogP contribution in [0.3, 0.4) is 0 Å². The first-order chi connectivity index (χ1) is 4.33. The van der Waals surface area contributed by atoms with Crippen LogP contribution in [0.4, 0.5) is 0 Å². The maximum absolute atomic E-state index is 3.38. The lowest BCUT2D eigenvalue weighted by Gasteiger charge is -1.75. The number of hydrogen-bond donors (Lipinski definition) is 0. The second-order valence-corrected chi connectivity index (χ2v) is 4.04. The molecule has 1 rings (SSSR count). The summed E-state index contributed by atoms with van der Waals surface area (Å²) in [5.41, 5.74) is 0. The van der Waals surface area contributed by atoms with Gasteiger partial charge in [-0.3, -0.25) is 0 Å². The van der Waals surface area contributed by atoms with Crippen molar-refractivity contribution in [1.82, 2.24) is 0 Å². The fourth-order valence-corrected chi connectivity index (χ4v) is 2.45. The van der Waals surface area contributed by atoms with Crippen molar-refractivity contribution in [3.63, 3.8) is 0 Å². The molecule has 0 saturated carbocycles. The van der Waals surface area contributed by atoms with Gasteiger partial charge in [0.05, 0.1) is 0 Å². The van der Waals surface area contributed by atoms with Gasteiger partial charge < -0.3 is 0 Å². The second kappa shape index (κ2) is 3.73. The van der Waals surface area contributed by atoms with Crippen LogP contribution >= 0.6 is 49.9 Å². The molecule has 0 unspecified atom stereocenters. The van der Waals surface area contributed by atoms with Crippen LogP contribution in [0.1, 0.15) is 4.88 Å². The lowest BCUT2D eigenvalue weighted by atomic mass is 10.5. The quantitative estimate of drug-likeness (QED) is 0.689. The normalized spacial score (nSPS) is 10.9. The van der Waals surface area contributed by atoms with Crippen molar-refractivity contribution in [2.45, 2.75) is 0 Å². The van der Waals surface area contributed by atoms with Gasteiger partial charge in [-0.05, 0) is 32.2 Å². The Morgan fingerprint density at radius 2 is 2.44 bits per heavy atom. The molecule has 0 aliphatic carbocycles. The van der Waals surface area contributed by atoms with Crippen LogP contribution in [-0.2, 0) is 0 Å². The molecule has 1 heterocycles. The van der Waals surface area contributed by atoms with Gasteiger partial charge in [-0.15, -0.1) is 11.3 Å². The van der Waals surface area contributed by atoms with E-state index >= 15 is 0 Å². The highest BCUT2D eigenvalue weighted by Gasteiger charge is 1.89. The number of halogens is 2. The average molecular weight is 315 g/mol. The molecule has 0 nitrogen and oxygen atoms in total. The summed E-state index contributed by atoms with van der Waals surface area (Å²) in [7, 11) is 0. The van der Waals surface area contributed by atoms with Crippen molar-refractivity contribution < 1.29 is 0 Å². The Balaban J connectivity index is 2.85. The van der Waals surface area contributed by atoms with Crippen LogP contribution in [0.2, 0.25) is 0 Å². The molecule has 0 aliphatic heterocycles. The first-order valence-electron chi connectivity index (χ1n) is 2.34. The average Bonchev–Trinajstić information content (AvgIpc) is 2.17. The highest BCUT2D eigenvalue weighted by atomic mass is 127. The van der Waals surface area contributed by atoms with Gasteiger partial charge in [0, 0.05) is 14.7 Å². The van der Waals surface area contributed by atoms with Crippen molar-refractivity contribution in [3.8, 4) is 0 Å². The molecule has 0 saturated heterocycles. The maximum Gasteiger partial charge on any atom is 0.0288 e. The molecule has 0 N–H and O–H groups in total. The Morgan fingerprint density at radius 1 is 1.67 bits per heavy atom. The van der Waals surface area contributed by atoms with Crippen molar-refractivity contribution in [2.24, 2.45) is 0 Å². The van der Waals surface area contributed by atoms with Crippen molar-refractivity contribution in [2.75, 3.05) is 0 Å². The predicted molar refractivity (Wildman–Crippen MR) is 55.1 cm³/mol. The molecule has 0 aromatic carbocycles. The summed E-state index contributed by atoms with van der Waals surface area (Å²) >= 11 is 7.32. The lowest BCUT2D eigenvalue weighted by molar-refractivity contribution is 1.86. The number of thiophene rings is 1. The van der Waals surface area contributed by atoms with E-state index < -0.39 is 0 Å². The van der Waals surface area contributed by atoms with Gasteiger partial charge in [-0.2, -0.15) is 0 Å². The molecule has 1 aromatic heterocycles. The molecule has 0 bridgehead atoms. The third kappa shape index (κ3) is 2.39. The summed E-state index contributed by atoms with van der Waals surface area (Å²) in [4.78, 5) is 1.29. The van der Waals surface area contributed by atoms with E-state index in [0.29, 0.717) is 0 Å². The monoisotopic (exact) mass is 314 g/mol. The van der Waals surface area contributed by atoms with E-state index in [0.717, 1.165) is 4.47 Å². The summed E-state index contributed by atoms with van der Waals surface area (Å²) in [5.74, 6) is 0. The zero-order valence-electron chi connectivity index (χ0n) is 4.47. The number of hydrogen-bond acceptors (Lipinski definition) is 1. The Morgan fingerprint density at radius 3 is 2.89 bits per heavy atom. The molecule has 3 heteroatoms. The van der Waals surface area contributed by atoms with Gasteiger partial charge >= 0.3 is 0 Å². The molecule has 48 valence electrons. The molecule has 0 atom stereocenters. The fourth-order valence-electron chi connectivity index (χ4n) is 0.478. The predicted octanol–water partition coefficient (Wildman–Crippen LogP) is 3.92. The van der Waals surface area contributed by atoms with E-state index in [1.807, 2.05) is 4.08 Å². The van der Waals surface area contributed by atoms with E-state index in [2.05, 4.69) is 56.0 Å². The second-order valence-electron chi connectivity index (χ2n) is 1.46. The molecule has 1 aromatic rings. The van der Waals surface area contributed by atoms with Gasteiger partial charge in [-0.25, -0.2) is 0 Å². The SMILES string of the molecule is Brc1csc(/C=C/I)c1. The molecule has 0 aliphatic rings. The minimum atomic E-state index is 1.16. The van der Waals surface area contributed by atoms with E-state index in [9.17, 15) is 0 Å². The Hall–Kier alpha value is 0.650. The first kappa shape index (κ1) is 7.75. The van der Waals surface area contributed by atoms with Gasteiger partial charge in [0.25, 0.3) is 0 Å². The molecular weight excluding hydrogens is 311 g/mol. The van der Waals surface area contributed by atoms with Gasteiger partial charge in [0.1, 0.15) is 0 Å². The van der Waals surface area contributed by atoms with Crippen LogP contribution in [0.15, 0.2) is 20.0 Å². The summed E-state index contributed by atoms with van der Waals surface area (Å²) in [5, 5.41) is 2.08. The van der Waals surface area contributed by atoms with Crippen LogP contribution in [-0.4, -0.2) is 0 Å². The van der Waals surface area contributed by atoms with Gasteiger partial charge in [0.2, 0.25) is 0 Å². The van der Waals surface area contributed by atoms with Crippen LogP contribution in [0.5, 0.6) is 0 Å². The largest absolute Gasteiger partial charge is 0.143 e. The third-order valence-electron chi connectivity index (χ3n) is 0.815. The standard InChI is InChI=1S/C6H4BrIS/c7-5-3-6(1-2-8)9-4-5/h1-4H/b2-1+. The maximum atomic E-state index is 3.38. The summed E-state index contributed by atoms with van der Waals surface area (Å²) in [6.07, 6.45) is 2.08. The van der Waals surface area contributed by atoms with Gasteiger partial charge in [-0.1, -0.05) is 22.6 Å². The minimum absolute atomic E-state index is 1.16. The van der Waals surface area contributed by atoms with Gasteiger partial charge in [0.15, 0.2) is 0 Å². The summed E-state index contributed by atoms with van der Waals surface area (Å²) in [6.45, 7) is 0. The van der Waals surface area contributed by atoms with E-state index in [1.165, 1.54) is 4.88 Å². The third-order valence-corrected chi connectivity index (χ3v) is 2.83. The molecule has 0 fully saturated rings. The molecule has 0 spiro atoms. The van der Waals surface area contributed by atoms with Crippen molar-refractivity contribution in [1.29, 1.82) is 0 Å². The minimum Gasteiger partial charge on any atom is -0.143 e. The van der Waals surface area contributed by atoms with E-state index in [1.54, 1.807) is 11.3 Å². The smallest absolute Gasteiger partial charge is 0.0288 e.